The van der Waals surface area contributed by atoms with Gasteiger partial charge in [-0.15, -0.1) is 0 Å². The number of nitrogens with zero attached hydrogens (tertiary/aromatic N) is 2. The first kappa shape index (κ1) is 18.6. The largest absolute Gasteiger partial charge is 0.395 e. The number of aliphatic hydroxyl groups excluding tert-OH is 1. The van der Waals surface area contributed by atoms with Gasteiger partial charge in [0.05, 0.1) is 12.1 Å². The second-order valence-electron chi connectivity index (χ2n) is 9.72. The van der Waals surface area contributed by atoms with Crippen LogP contribution < -0.4 is 0 Å². The second-order valence-corrected chi connectivity index (χ2v) is 9.72. The number of hydrogen-bond donors (Lipinski definition) is 1. The Morgan fingerprint density at radius 2 is 1.64 bits per heavy atom. The van der Waals surface area contributed by atoms with Gasteiger partial charge in [-0.2, -0.15) is 0 Å². The fourth-order valence-corrected chi connectivity index (χ4v) is 6.73. The van der Waals surface area contributed by atoms with Crippen molar-refractivity contribution in [3.8, 4) is 0 Å². The van der Waals surface area contributed by atoms with Crippen LogP contribution in [0.1, 0.15) is 62.8 Å². The topological polar surface area (TPSA) is 43.8 Å². The fourth-order valence-electron chi connectivity index (χ4n) is 6.73. The van der Waals surface area contributed by atoms with E-state index < -0.39 is 0 Å². The molecule has 2 aliphatic carbocycles. The van der Waals surface area contributed by atoms with Gasteiger partial charge in [0.1, 0.15) is 0 Å². The summed E-state index contributed by atoms with van der Waals surface area (Å²) in [7, 11) is 0. The molecule has 28 heavy (non-hydrogen) atoms. The Labute approximate surface area is 168 Å². The zero-order chi connectivity index (χ0) is 19.1. The SMILES string of the molecule is O=C(C1CCCC1)N1CC2(C1)[C@H](c1ccccc1)[C@@H](CO)N2CC1CCCC1. The number of hydrogen-bond acceptors (Lipinski definition) is 3. The maximum absolute atomic E-state index is 13.0. The smallest absolute Gasteiger partial charge is 0.225 e. The lowest BCUT2D eigenvalue weighted by Crippen LogP contribution is -2.85. The van der Waals surface area contributed by atoms with Crippen molar-refractivity contribution in [2.24, 2.45) is 11.8 Å². The summed E-state index contributed by atoms with van der Waals surface area (Å²) in [6.07, 6.45) is 9.93. The molecule has 1 aromatic carbocycles. The lowest BCUT2D eigenvalue weighted by atomic mass is 9.60. The number of likely N-dealkylation sites (tertiary alicyclic amines) is 2. The first-order chi connectivity index (χ1) is 13.7. The van der Waals surface area contributed by atoms with Crippen LogP contribution in [0, 0.1) is 11.8 Å². The number of amides is 1. The lowest BCUT2D eigenvalue weighted by Gasteiger charge is -2.71. The Morgan fingerprint density at radius 3 is 2.29 bits per heavy atom. The molecule has 1 aromatic rings. The molecule has 2 saturated carbocycles. The molecule has 2 heterocycles. The van der Waals surface area contributed by atoms with E-state index in [0.29, 0.717) is 11.8 Å². The molecule has 2 aliphatic heterocycles. The molecular weight excluding hydrogens is 348 g/mol. The number of carbonyl (C=O) groups is 1. The third-order valence-electron chi connectivity index (χ3n) is 8.16. The fraction of sp³-hybridized carbons (Fsp3) is 0.708. The predicted molar refractivity (Wildman–Crippen MR) is 110 cm³/mol. The third-order valence-corrected chi connectivity index (χ3v) is 8.16. The molecule has 4 aliphatic rings. The van der Waals surface area contributed by atoms with Gasteiger partial charge in [0, 0.05) is 37.5 Å². The van der Waals surface area contributed by atoms with Crippen molar-refractivity contribution in [1.29, 1.82) is 0 Å². The molecule has 1 amide bonds. The second kappa shape index (κ2) is 7.46. The summed E-state index contributed by atoms with van der Waals surface area (Å²) in [6.45, 7) is 3.01. The average Bonchev–Trinajstić information content (AvgIpc) is 3.38. The van der Waals surface area contributed by atoms with Crippen molar-refractivity contribution in [2.75, 3.05) is 26.2 Å². The van der Waals surface area contributed by atoms with Gasteiger partial charge in [0.15, 0.2) is 0 Å². The Hall–Kier alpha value is -1.39. The number of benzene rings is 1. The van der Waals surface area contributed by atoms with Gasteiger partial charge in [-0.3, -0.25) is 9.69 Å². The highest BCUT2D eigenvalue weighted by atomic mass is 16.3. The van der Waals surface area contributed by atoms with Crippen molar-refractivity contribution in [3.05, 3.63) is 35.9 Å². The standard InChI is InChI=1S/C24H34N2O2/c27-15-21-22(19-10-2-1-3-11-19)24(26(21)14-18-8-4-5-9-18)16-25(17-24)23(28)20-12-6-7-13-20/h1-3,10-11,18,20-22,27H,4-9,12-17H2/t21-,22-/m1/s1. The summed E-state index contributed by atoms with van der Waals surface area (Å²) in [6, 6.07) is 10.9. The molecule has 2 saturated heterocycles. The van der Waals surface area contributed by atoms with Crippen LogP contribution in [0.4, 0.5) is 0 Å². The zero-order valence-corrected chi connectivity index (χ0v) is 16.9. The molecule has 5 rings (SSSR count). The van der Waals surface area contributed by atoms with E-state index >= 15 is 0 Å². The predicted octanol–water partition coefficient (Wildman–Crippen LogP) is 3.41. The molecule has 4 nitrogen and oxygen atoms in total. The molecule has 0 unspecified atom stereocenters. The van der Waals surface area contributed by atoms with Crippen LogP contribution in [0.3, 0.4) is 0 Å². The van der Waals surface area contributed by atoms with Crippen LogP contribution in [0.2, 0.25) is 0 Å². The van der Waals surface area contributed by atoms with Crippen molar-refractivity contribution < 1.29 is 9.90 Å². The normalized spacial score (nSPS) is 30.5. The van der Waals surface area contributed by atoms with Gasteiger partial charge >= 0.3 is 0 Å². The summed E-state index contributed by atoms with van der Waals surface area (Å²) in [5, 5.41) is 10.2. The summed E-state index contributed by atoms with van der Waals surface area (Å²) in [5.74, 6) is 1.77. The summed E-state index contributed by atoms with van der Waals surface area (Å²) in [4.78, 5) is 17.7. The van der Waals surface area contributed by atoms with Crippen molar-refractivity contribution in [2.45, 2.75) is 68.9 Å². The molecule has 0 radical (unpaired) electrons. The summed E-state index contributed by atoms with van der Waals surface area (Å²) in [5.41, 5.74) is 1.38. The van der Waals surface area contributed by atoms with Crippen molar-refractivity contribution in [3.63, 3.8) is 0 Å². The Morgan fingerprint density at radius 1 is 1.00 bits per heavy atom. The van der Waals surface area contributed by atoms with Gasteiger partial charge in [0.2, 0.25) is 5.91 Å². The minimum atomic E-state index is 0.0472. The minimum Gasteiger partial charge on any atom is -0.395 e. The quantitative estimate of drug-likeness (QED) is 0.849. The van der Waals surface area contributed by atoms with Crippen LogP contribution in [-0.2, 0) is 4.79 Å². The Bertz CT molecular complexity index is 688. The van der Waals surface area contributed by atoms with E-state index in [4.69, 9.17) is 0 Å². The molecule has 1 N–H and O–H groups in total. The molecule has 0 bridgehead atoms. The van der Waals surface area contributed by atoms with Gasteiger partial charge < -0.3 is 10.0 Å². The van der Waals surface area contributed by atoms with E-state index in [1.807, 2.05) is 0 Å². The van der Waals surface area contributed by atoms with Gasteiger partial charge in [-0.05, 0) is 37.2 Å². The van der Waals surface area contributed by atoms with E-state index in [1.165, 1.54) is 44.1 Å². The molecule has 4 fully saturated rings. The number of aliphatic hydroxyl groups is 1. The maximum Gasteiger partial charge on any atom is 0.225 e. The van der Waals surface area contributed by atoms with E-state index in [1.54, 1.807) is 0 Å². The highest BCUT2D eigenvalue weighted by Crippen LogP contribution is 2.55. The Balaban J connectivity index is 1.37. The average molecular weight is 383 g/mol. The summed E-state index contributed by atoms with van der Waals surface area (Å²) < 4.78 is 0. The lowest BCUT2D eigenvalue weighted by molar-refractivity contribution is -0.201. The number of rotatable bonds is 5. The van der Waals surface area contributed by atoms with E-state index in [-0.39, 0.29) is 24.1 Å². The zero-order valence-electron chi connectivity index (χ0n) is 16.9. The van der Waals surface area contributed by atoms with E-state index in [9.17, 15) is 9.90 Å². The molecular formula is C24H34N2O2. The molecule has 152 valence electrons. The highest BCUT2D eigenvalue weighted by Gasteiger charge is 2.66. The summed E-state index contributed by atoms with van der Waals surface area (Å²) >= 11 is 0. The molecule has 2 atom stereocenters. The minimum absolute atomic E-state index is 0.0472. The van der Waals surface area contributed by atoms with Crippen LogP contribution in [0.15, 0.2) is 30.3 Å². The van der Waals surface area contributed by atoms with Gasteiger partial charge in [-0.1, -0.05) is 56.0 Å². The maximum atomic E-state index is 13.0. The Kier molecular flexibility index (Phi) is 4.96. The first-order valence-corrected chi connectivity index (χ1v) is 11.4. The van der Waals surface area contributed by atoms with Gasteiger partial charge in [0.25, 0.3) is 0 Å². The van der Waals surface area contributed by atoms with Crippen molar-refractivity contribution in [1.82, 2.24) is 9.80 Å². The first-order valence-electron chi connectivity index (χ1n) is 11.4. The van der Waals surface area contributed by atoms with Gasteiger partial charge in [-0.25, -0.2) is 0 Å². The van der Waals surface area contributed by atoms with Crippen molar-refractivity contribution >= 4 is 5.91 Å². The van der Waals surface area contributed by atoms with Crippen LogP contribution >= 0.6 is 0 Å². The molecule has 1 spiro atoms. The van der Waals surface area contributed by atoms with Crippen LogP contribution in [-0.4, -0.2) is 58.6 Å². The molecule has 4 heteroatoms. The number of carbonyl (C=O) groups excluding carboxylic acids is 1. The van der Waals surface area contributed by atoms with Crippen LogP contribution in [0.25, 0.3) is 0 Å². The third kappa shape index (κ3) is 2.91. The highest BCUT2D eigenvalue weighted by molar-refractivity contribution is 5.80. The van der Waals surface area contributed by atoms with E-state index in [2.05, 4.69) is 40.1 Å². The molecule has 0 aromatic heterocycles. The monoisotopic (exact) mass is 382 g/mol. The van der Waals surface area contributed by atoms with E-state index in [0.717, 1.165) is 38.4 Å². The van der Waals surface area contributed by atoms with Crippen LogP contribution in [0.5, 0.6) is 0 Å².